The van der Waals surface area contributed by atoms with Crippen LogP contribution >= 0.6 is 0 Å². The normalized spacial score (nSPS) is 9.73. The second-order valence-corrected chi connectivity index (χ2v) is 1.96. The minimum atomic E-state index is -0.927. The molecule has 1 aromatic rings. The molecule has 4 heteroatoms. The minimum absolute atomic E-state index is 0.301. The molecule has 0 aliphatic carbocycles. The van der Waals surface area contributed by atoms with Gasteiger partial charge in [-0.2, -0.15) is 0 Å². The quantitative estimate of drug-likeness (QED) is 0.638. The molecule has 11 heavy (non-hydrogen) atoms. The predicted octanol–water partition coefficient (Wildman–Crippen LogP) is 1.33. The van der Waals surface area contributed by atoms with Crippen LogP contribution in [0.4, 0.5) is 14.5 Å². The second-order valence-electron chi connectivity index (χ2n) is 1.96. The molecule has 0 bridgehead atoms. The van der Waals surface area contributed by atoms with Crippen molar-refractivity contribution in [2.45, 2.75) is 0 Å². The predicted molar refractivity (Wildman–Crippen MR) is 37.1 cm³/mol. The standard InChI is InChI=1S/C7H7F2NO/c8-6-2-1-5(10-4-11)3-7(6)9/h1-3,10-11H,4H2. The molecule has 1 rings (SSSR count). The molecule has 0 saturated heterocycles. The molecule has 2 nitrogen and oxygen atoms in total. The molecule has 60 valence electrons. The molecule has 0 fully saturated rings. The van der Waals surface area contributed by atoms with Crippen molar-refractivity contribution in [3.63, 3.8) is 0 Å². The molecule has 0 aliphatic heterocycles. The van der Waals surface area contributed by atoms with Gasteiger partial charge in [-0.1, -0.05) is 0 Å². The van der Waals surface area contributed by atoms with Crippen LogP contribution in [-0.2, 0) is 0 Å². The molecule has 0 amide bonds. The number of aliphatic hydroxyl groups excluding tert-OH is 1. The van der Waals surface area contributed by atoms with E-state index in [0.717, 1.165) is 12.1 Å². The maximum absolute atomic E-state index is 12.4. The van der Waals surface area contributed by atoms with Crippen molar-refractivity contribution in [2.24, 2.45) is 0 Å². The molecule has 0 saturated carbocycles. The van der Waals surface area contributed by atoms with Crippen LogP contribution in [0.1, 0.15) is 0 Å². The van der Waals surface area contributed by atoms with E-state index in [4.69, 9.17) is 5.11 Å². The van der Waals surface area contributed by atoms with E-state index >= 15 is 0 Å². The van der Waals surface area contributed by atoms with Crippen LogP contribution in [0.15, 0.2) is 18.2 Å². The van der Waals surface area contributed by atoms with E-state index in [1.165, 1.54) is 6.07 Å². The number of hydrogen-bond acceptors (Lipinski definition) is 2. The maximum atomic E-state index is 12.4. The Morgan fingerprint density at radius 3 is 2.55 bits per heavy atom. The Bertz CT molecular complexity index is 252. The Labute approximate surface area is 62.5 Å². The summed E-state index contributed by atoms with van der Waals surface area (Å²) < 4.78 is 24.7. The molecular formula is C7H7F2NO. The van der Waals surface area contributed by atoms with Crippen molar-refractivity contribution < 1.29 is 13.9 Å². The first-order valence-corrected chi connectivity index (χ1v) is 3.04. The molecule has 0 atom stereocenters. The van der Waals surface area contributed by atoms with Gasteiger partial charge in [-0.25, -0.2) is 8.78 Å². The van der Waals surface area contributed by atoms with Gasteiger partial charge in [-0.15, -0.1) is 0 Å². The van der Waals surface area contributed by atoms with Gasteiger partial charge in [-0.05, 0) is 12.1 Å². The summed E-state index contributed by atoms with van der Waals surface area (Å²) in [5.41, 5.74) is 0.353. The summed E-state index contributed by atoms with van der Waals surface area (Å²) in [5.74, 6) is -1.82. The molecule has 1 aromatic carbocycles. The van der Waals surface area contributed by atoms with Gasteiger partial charge in [-0.3, -0.25) is 0 Å². The second kappa shape index (κ2) is 3.30. The third kappa shape index (κ3) is 1.88. The highest BCUT2D eigenvalue weighted by Crippen LogP contribution is 2.12. The highest BCUT2D eigenvalue weighted by atomic mass is 19.2. The van der Waals surface area contributed by atoms with Gasteiger partial charge in [0.1, 0.15) is 6.73 Å². The van der Waals surface area contributed by atoms with Crippen LogP contribution in [0, 0.1) is 11.6 Å². The third-order valence-electron chi connectivity index (χ3n) is 1.20. The summed E-state index contributed by atoms with van der Waals surface area (Å²) in [5, 5.41) is 10.8. The average molecular weight is 159 g/mol. The van der Waals surface area contributed by atoms with E-state index in [2.05, 4.69) is 5.32 Å². The SMILES string of the molecule is OCNc1ccc(F)c(F)c1. The largest absolute Gasteiger partial charge is 0.377 e. The molecule has 0 spiro atoms. The van der Waals surface area contributed by atoms with E-state index in [1.807, 2.05) is 0 Å². The fourth-order valence-corrected chi connectivity index (χ4v) is 0.697. The van der Waals surface area contributed by atoms with Gasteiger partial charge in [0, 0.05) is 11.8 Å². The Hall–Kier alpha value is -1.16. The molecule has 0 aromatic heterocycles. The summed E-state index contributed by atoms with van der Waals surface area (Å²) in [7, 11) is 0. The Balaban J connectivity index is 2.86. The highest BCUT2D eigenvalue weighted by Gasteiger charge is 2.00. The lowest BCUT2D eigenvalue weighted by atomic mass is 10.3. The number of anilines is 1. The van der Waals surface area contributed by atoms with Gasteiger partial charge < -0.3 is 10.4 Å². The van der Waals surface area contributed by atoms with Crippen LogP contribution in [0.2, 0.25) is 0 Å². The summed E-state index contributed by atoms with van der Waals surface area (Å²) in [6.45, 7) is -0.301. The summed E-state index contributed by atoms with van der Waals surface area (Å²) in [6, 6.07) is 3.31. The maximum Gasteiger partial charge on any atom is 0.160 e. The molecule has 0 unspecified atom stereocenters. The molecule has 2 N–H and O–H groups in total. The zero-order chi connectivity index (χ0) is 8.27. The number of nitrogens with one attached hydrogen (secondary N) is 1. The first-order chi connectivity index (χ1) is 5.24. The van der Waals surface area contributed by atoms with Crippen LogP contribution in [0.3, 0.4) is 0 Å². The van der Waals surface area contributed by atoms with E-state index in [1.54, 1.807) is 0 Å². The van der Waals surface area contributed by atoms with Crippen LogP contribution < -0.4 is 5.32 Å². The Kier molecular flexibility index (Phi) is 2.38. The first-order valence-electron chi connectivity index (χ1n) is 3.04. The Morgan fingerprint density at radius 1 is 1.27 bits per heavy atom. The van der Waals surface area contributed by atoms with Gasteiger partial charge >= 0.3 is 0 Å². The van der Waals surface area contributed by atoms with E-state index in [0.29, 0.717) is 5.69 Å². The van der Waals surface area contributed by atoms with Gasteiger partial charge in [0.05, 0.1) is 0 Å². The summed E-state index contributed by atoms with van der Waals surface area (Å²) >= 11 is 0. The fraction of sp³-hybridized carbons (Fsp3) is 0.143. The number of rotatable bonds is 2. The summed E-state index contributed by atoms with van der Waals surface area (Å²) in [6.07, 6.45) is 0. The fourth-order valence-electron chi connectivity index (χ4n) is 0.697. The molecule has 0 radical (unpaired) electrons. The van der Waals surface area contributed by atoms with Crippen molar-refractivity contribution in [2.75, 3.05) is 12.0 Å². The highest BCUT2D eigenvalue weighted by molar-refractivity contribution is 5.42. The van der Waals surface area contributed by atoms with Crippen molar-refractivity contribution in [3.05, 3.63) is 29.8 Å². The number of halogens is 2. The first kappa shape index (κ1) is 7.94. The number of hydrogen-bond donors (Lipinski definition) is 2. The lowest BCUT2D eigenvalue weighted by Gasteiger charge is -2.01. The Morgan fingerprint density at radius 2 is 2.00 bits per heavy atom. The van der Waals surface area contributed by atoms with Crippen molar-refractivity contribution >= 4 is 5.69 Å². The molecular weight excluding hydrogens is 152 g/mol. The molecule has 0 heterocycles. The smallest absolute Gasteiger partial charge is 0.160 e. The van der Waals surface area contributed by atoms with Crippen LogP contribution in [0.5, 0.6) is 0 Å². The van der Waals surface area contributed by atoms with Crippen molar-refractivity contribution in [1.29, 1.82) is 0 Å². The molecule has 0 aliphatic rings. The summed E-state index contributed by atoms with van der Waals surface area (Å²) in [4.78, 5) is 0. The van der Waals surface area contributed by atoms with Gasteiger partial charge in [0.2, 0.25) is 0 Å². The monoisotopic (exact) mass is 159 g/mol. The van der Waals surface area contributed by atoms with Crippen molar-refractivity contribution in [3.8, 4) is 0 Å². The van der Waals surface area contributed by atoms with Crippen molar-refractivity contribution in [1.82, 2.24) is 0 Å². The number of aliphatic hydroxyl groups is 1. The topological polar surface area (TPSA) is 32.3 Å². The van der Waals surface area contributed by atoms with E-state index < -0.39 is 11.6 Å². The third-order valence-corrected chi connectivity index (χ3v) is 1.20. The lowest BCUT2D eigenvalue weighted by molar-refractivity contribution is 0.325. The zero-order valence-corrected chi connectivity index (χ0v) is 5.64. The van der Waals surface area contributed by atoms with Crippen LogP contribution in [0.25, 0.3) is 0 Å². The van der Waals surface area contributed by atoms with E-state index in [-0.39, 0.29) is 6.73 Å². The lowest BCUT2D eigenvalue weighted by Crippen LogP contribution is -1.99. The number of benzene rings is 1. The average Bonchev–Trinajstić information content (AvgIpc) is 1.98. The van der Waals surface area contributed by atoms with Gasteiger partial charge in [0.25, 0.3) is 0 Å². The zero-order valence-electron chi connectivity index (χ0n) is 5.64. The minimum Gasteiger partial charge on any atom is -0.377 e. The van der Waals surface area contributed by atoms with Gasteiger partial charge in [0.15, 0.2) is 11.6 Å². The van der Waals surface area contributed by atoms with E-state index in [9.17, 15) is 8.78 Å². The van der Waals surface area contributed by atoms with Crippen LogP contribution in [-0.4, -0.2) is 11.8 Å².